The first-order chi connectivity index (χ1) is 25.2. The molecule has 0 radical (unpaired) electrons. The molecule has 240 valence electrons. The summed E-state index contributed by atoms with van der Waals surface area (Å²) in [5, 5.41) is 2.58. The maximum atomic E-state index is 5.29. The largest absolute Gasteiger partial charge is 0.228 e. The molecule has 51 heavy (non-hydrogen) atoms. The molecule has 0 amide bonds. The Bertz CT molecular complexity index is 2760. The van der Waals surface area contributed by atoms with Crippen LogP contribution in [0.2, 0.25) is 0 Å². The van der Waals surface area contributed by atoms with E-state index in [0.29, 0.717) is 0 Å². The number of nitrogens with zero attached hydrogens (tertiary/aromatic N) is 2. The molecule has 9 aromatic rings. The smallest absolute Gasteiger partial charge is 0.160 e. The quantitative estimate of drug-likeness (QED) is 0.182. The summed E-state index contributed by atoms with van der Waals surface area (Å²) < 4.78 is 2.56. The van der Waals surface area contributed by atoms with Crippen molar-refractivity contribution in [1.82, 2.24) is 9.97 Å². The molecule has 0 N–H and O–H groups in total. The molecule has 1 aliphatic rings. The maximum Gasteiger partial charge on any atom is 0.160 e. The average Bonchev–Trinajstić information content (AvgIpc) is 3.71. The molecule has 0 saturated carbocycles. The van der Waals surface area contributed by atoms with Crippen LogP contribution in [0.3, 0.4) is 0 Å². The molecule has 0 fully saturated rings. The van der Waals surface area contributed by atoms with Crippen LogP contribution in [0.5, 0.6) is 0 Å². The Balaban J connectivity index is 1.19. The SMILES string of the molecule is CC1(c2ccccc2)c2ccccc2-c2c(-c3ccccc3-c3cc(-c4ccc5c(c4)sc4ccccc45)nc(-c4ccccc4)n3)cccc21. The Hall–Kier alpha value is -6.16. The minimum atomic E-state index is -0.272. The monoisotopic (exact) mass is 668 g/mol. The summed E-state index contributed by atoms with van der Waals surface area (Å²) >= 11 is 1.83. The Morgan fingerprint density at radius 2 is 1.06 bits per heavy atom. The van der Waals surface area contributed by atoms with Crippen molar-refractivity contribution in [1.29, 1.82) is 0 Å². The molecule has 0 bridgehead atoms. The van der Waals surface area contributed by atoms with Crippen molar-refractivity contribution in [2.45, 2.75) is 12.3 Å². The first kappa shape index (κ1) is 29.7. The molecule has 1 atom stereocenters. The van der Waals surface area contributed by atoms with Gasteiger partial charge in [-0.3, -0.25) is 0 Å². The molecule has 7 aromatic carbocycles. The number of rotatable bonds is 5. The lowest BCUT2D eigenvalue weighted by Gasteiger charge is -2.28. The zero-order chi connectivity index (χ0) is 33.9. The average molecular weight is 669 g/mol. The van der Waals surface area contributed by atoms with E-state index < -0.39 is 0 Å². The van der Waals surface area contributed by atoms with Gasteiger partial charge in [-0.15, -0.1) is 11.3 Å². The minimum absolute atomic E-state index is 0.272. The van der Waals surface area contributed by atoms with Gasteiger partial charge >= 0.3 is 0 Å². The van der Waals surface area contributed by atoms with Crippen molar-refractivity contribution in [3.05, 3.63) is 193 Å². The van der Waals surface area contributed by atoms with Crippen LogP contribution in [-0.4, -0.2) is 9.97 Å². The lowest BCUT2D eigenvalue weighted by Crippen LogP contribution is -2.22. The van der Waals surface area contributed by atoms with E-state index in [4.69, 9.17) is 9.97 Å². The highest BCUT2D eigenvalue weighted by Crippen LogP contribution is 2.55. The van der Waals surface area contributed by atoms with Gasteiger partial charge in [0.05, 0.1) is 11.4 Å². The van der Waals surface area contributed by atoms with Crippen LogP contribution in [0.15, 0.2) is 176 Å². The molecular formula is C48H32N2S. The summed E-state index contributed by atoms with van der Waals surface area (Å²) in [6.07, 6.45) is 0. The fourth-order valence-corrected chi connectivity index (χ4v) is 9.27. The molecule has 3 heteroatoms. The molecule has 1 aliphatic carbocycles. The molecule has 2 heterocycles. The molecular weight excluding hydrogens is 637 g/mol. The maximum absolute atomic E-state index is 5.29. The molecule has 1 unspecified atom stereocenters. The molecule has 0 saturated heterocycles. The van der Waals surface area contributed by atoms with Crippen molar-refractivity contribution in [3.8, 4) is 56.2 Å². The van der Waals surface area contributed by atoms with E-state index >= 15 is 0 Å². The molecule has 2 aromatic heterocycles. The second-order valence-corrected chi connectivity index (χ2v) is 14.5. The third-order valence-electron chi connectivity index (χ3n) is 10.6. The number of aromatic nitrogens is 2. The predicted octanol–water partition coefficient (Wildman–Crippen LogP) is 12.8. The van der Waals surface area contributed by atoms with Crippen molar-refractivity contribution in [2.24, 2.45) is 0 Å². The third kappa shape index (κ3) is 4.70. The van der Waals surface area contributed by atoms with Gasteiger partial charge in [0.2, 0.25) is 0 Å². The number of hydrogen-bond acceptors (Lipinski definition) is 3. The van der Waals surface area contributed by atoms with Crippen LogP contribution < -0.4 is 0 Å². The van der Waals surface area contributed by atoms with E-state index in [1.807, 2.05) is 17.4 Å². The van der Waals surface area contributed by atoms with Crippen LogP contribution in [-0.2, 0) is 5.41 Å². The number of benzene rings is 7. The molecule has 0 spiro atoms. The van der Waals surface area contributed by atoms with E-state index in [9.17, 15) is 0 Å². The van der Waals surface area contributed by atoms with E-state index in [2.05, 4.69) is 177 Å². The Labute approximate surface area is 301 Å². The van der Waals surface area contributed by atoms with Crippen LogP contribution in [0, 0.1) is 0 Å². The second kappa shape index (κ2) is 11.7. The Morgan fingerprint density at radius 3 is 1.90 bits per heavy atom. The normalized spacial score (nSPS) is 14.8. The van der Waals surface area contributed by atoms with Crippen molar-refractivity contribution in [2.75, 3.05) is 0 Å². The lowest BCUT2D eigenvalue weighted by atomic mass is 9.74. The van der Waals surface area contributed by atoms with Crippen LogP contribution in [0.25, 0.3) is 76.3 Å². The number of hydrogen-bond donors (Lipinski definition) is 0. The summed E-state index contributed by atoms with van der Waals surface area (Å²) in [5.41, 5.74) is 13.6. The van der Waals surface area contributed by atoms with Gasteiger partial charge in [-0.25, -0.2) is 9.97 Å². The fraction of sp³-hybridized carbons (Fsp3) is 0.0417. The van der Waals surface area contributed by atoms with Gasteiger partial charge in [0.15, 0.2) is 5.82 Å². The van der Waals surface area contributed by atoms with Crippen molar-refractivity contribution >= 4 is 31.5 Å². The highest BCUT2D eigenvalue weighted by atomic mass is 32.1. The van der Waals surface area contributed by atoms with Gasteiger partial charge in [-0.05, 0) is 64.1 Å². The number of fused-ring (bicyclic) bond motifs is 6. The Kier molecular flexibility index (Phi) is 6.83. The van der Waals surface area contributed by atoms with Crippen LogP contribution in [0.1, 0.15) is 23.6 Å². The number of thiophene rings is 1. The van der Waals surface area contributed by atoms with Gasteiger partial charge in [-0.2, -0.15) is 0 Å². The van der Waals surface area contributed by atoms with Crippen LogP contribution >= 0.6 is 11.3 Å². The zero-order valence-corrected chi connectivity index (χ0v) is 28.9. The summed E-state index contributed by atoms with van der Waals surface area (Å²) in [6, 6.07) is 63.3. The summed E-state index contributed by atoms with van der Waals surface area (Å²) in [4.78, 5) is 10.5. The van der Waals surface area contributed by atoms with Gasteiger partial charge in [-0.1, -0.05) is 158 Å². The van der Waals surface area contributed by atoms with Gasteiger partial charge in [0.1, 0.15) is 0 Å². The molecule has 0 aliphatic heterocycles. The highest BCUT2D eigenvalue weighted by molar-refractivity contribution is 7.25. The second-order valence-electron chi connectivity index (χ2n) is 13.4. The van der Waals surface area contributed by atoms with Gasteiger partial charge in [0, 0.05) is 42.3 Å². The summed E-state index contributed by atoms with van der Waals surface area (Å²) in [7, 11) is 0. The van der Waals surface area contributed by atoms with Gasteiger partial charge in [0.25, 0.3) is 0 Å². The van der Waals surface area contributed by atoms with E-state index in [1.54, 1.807) is 0 Å². The Morgan fingerprint density at radius 1 is 0.431 bits per heavy atom. The van der Waals surface area contributed by atoms with E-state index in [1.165, 1.54) is 53.6 Å². The molecule has 2 nitrogen and oxygen atoms in total. The van der Waals surface area contributed by atoms with Crippen molar-refractivity contribution < 1.29 is 0 Å². The van der Waals surface area contributed by atoms with Gasteiger partial charge < -0.3 is 0 Å². The summed E-state index contributed by atoms with van der Waals surface area (Å²) in [6.45, 7) is 2.37. The van der Waals surface area contributed by atoms with E-state index in [0.717, 1.165) is 39.5 Å². The first-order valence-corrected chi connectivity index (χ1v) is 18.2. The molecule has 10 rings (SSSR count). The fourth-order valence-electron chi connectivity index (χ4n) is 8.12. The van der Waals surface area contributed by atoms with E-state index in [-0.39, 0.29) is 5.41 Å². The highest BCUT2D eigenvalue weighted by Gasteiger charge is 2.41. The lowest BCUT2D eigenvalue weighted by molar-refractivity contribution is 0.714. The topological polar surface area (TPSA) is 25.8 Å². The zero-order valence-electron chi connectivity index (χ0n) is 28.0. The standard InChI is InChI=1S/C48H32N2S/c1-48(33-17-6-3-7-18-33)40-24-12-10-22-39(40)46-38(23-14-25-41(46)48)34-19-8-9-20-35(34)43-30-42(49-47(50-43)31-15-4-2-5-16-31)32-27-28-37-36-21-11-13-26-44(36)51-45(37)29-32/h2-30H,1H3. The first-order valence-electron chi connectivity index (χ1n) is 17.4. The third-order valence-corrected chi connectivity index (χ3v) is 11.7. The summed E-state index contributed by atoms with van der Waals surface area (Å²) in [5.74, 6) is 0.717. The predicted molar refractivity (Wildman–Crippen MR) is 214 cm³/mol. The van der Waals surface area contributed by atoms with Crippen LogP contribution in [0.4, 0.5) is 0 Å². The minimum Gasteiger partial charge on any atom is -0.228 e. The van der Waals surface area contributed by atoms with Crippen molar-refractivity contribution in [3.63, 3.8) is 0 Å².